The van der Waals surface area contributed by atoms with E-state index in [0.29, 0.717) is 0 Å². The molecule has 2 atom stereocenters. The summed E-state index contributed by atoms with van der Waals surface area (Å²) in [5.41, 5.74) is 1.39. The lowest BCUT2D eigenvalue weighted by molar-refractivity contribution is 0.386. The SMILES string of the molecule is CCCCN(CCC1CCCC1NCC)c1ccccc1. The van der Waals surface area contributed by atoms with Crippen LogP contribution in [0.3, 0.4) is 0 Å². The Morgan fingerprint density at radius 2 is 1.90 bits per heavy atom. The van der Waals surface area contributed by atoms with Gasteiger partial charge in [-0.1, -0.05) is 44.9 Å². The van der Waals surface area contributed by atoms with Gasteiger partial charge in [-0.3, -0.25) is 0 Å². The number of nitrogens with one attached hydrogen (secondary N) is 1. The topological polar surface area (TPSA) is 15.3 Å². The molecule has 0 radical (unpaired) electrons. The van der Waals surface area contributed by atoms with Crippen LogP contribution >= 0.6 is 0 Å². The summed E-state index contributed by atoms with van der Waals surface area (Å²) < 4.78 is 0. The molecule has 1 N–H and O–H groups in total. The molecule has 0 bridgehead atoms. The van der Waals surface area contributed by atoms with Gasteiger partial charge in [-0.05, 0) is 50.3 Å². The van der Waals surface area contributed by atoms with E-state index in [9.17, 15) is 0 Å². The molecule has 2 unspecified atom stereocenters. The maximum absolute atomic E-state index is 3.68. The third-order valence-electron chi connectivity index (χ3n) is 4.80. The summed E-state index contributed by atoms with van der Waals surface area (Å²) in [5, 5.41) is 3.68. The van der Waals surface area contributed by atoms with E-state index in [2.05, 4.69) is 54.4 Å². The summed E-state index contributed by atoms with van der Waals surface area (Å²) in [6.07, 6.45) is 8.08. The first kappa shape index (κ1) is 16.4. The zero-order valence-electron chi connectivity index (χ0n) is 13.9. The normalized spacial score (nSPS) is 21.6. The lowest BCUT2D eigenvalue weighted by Crippen LogP contribution is -2.35. The number of hydrogen-bond donors (Lipinski definition) is 1. The predicted octanol–water partition coefficient (Wildman–Crippen LogP) is 4.46. The first-order chi connectivity index (χ1) is 10.3. The van der Waals surface area contributed by atoms with Crippen LogP contribution in [-0.4, -0.2) is 25.7 Å². The predicted molar refractivity (Wildman–Crippen MR) is 93.0 cm³/mol. The van der Waals surface area contributed by atoms with Gasteiger partial charge in [-0.15, -0.1) is 0 Å². The van der Waals surface area contributed by atoms with Gasteiger partial charge in [0.25, 0.3) is 0 Å². The van der Waals surface area contributed by atoms with Crippen molar-refractivity contribution in [2.75, 3.05) is 24.5 Å². The van der Waals surface area contributed by atoms with Gasteiger partial charge in [0.15, 0.2) is 0 Å². The van der Waals surface area contributed by atoms with Crippen molar-refractivity contribution in [3.63, 3.8) is 0 Å². The molecule has 2 heteroatoms. The highest BCUT2D eigenvalue weighted by Gasteiger charge is 2.26. The molecule has 1 fully saturated rings. The molecule has 118 valence electrons. The molecule has 0 aromatic heterocycles. The van der Waals surface area contributed by atoms with Gasteiger partial charge in [0.05, 0.1) is 0 Å². The van der Waals surface area contributed by atoms with Crippen LogP contribution < -0.4 is 10.2 Å². The number of nitrogens with zero attached hydrogens (tertiary/aromatic N) is 1. The van der Waals surface area contributed by atoms with Crippen LogP contribution in [0.25, 0.3) is 0 Å². The van der Waals surface area contributed by atoms with Crippen LogP contribution in [0.4, 0.5) is 5.69 Å². The lowest BCUT2D eigenvalue weighted by Gasteiger charge is -2.28. The minimum atomic E-state index is 0.763. The minimum Gasteiger partial charge on any atom is -0.372 e. The van der Waals surface area contributed by atoms with Crippen molar-refractivity contribution in [2.24, 2.45) is 5.92 Å². The van der Waals surface area contributed by atoms with Crippen molar-refractivity contribution in [3.05, 3.63) is 30.3 Å². The van der Waals surface area contributed by atoms with E-state index in [1.807, 2.05) is 0 Å². The summed E-state index contributed by atoms with van der Waals surface area (Å²) in [6.45, 7) is 8.02. The fraction of sp³-hybridized carbons (Fsp3) is 0.684. The van der Waals surface area contributed by atoms with E-state index in [1.165, 1.54) is 57.3 Å². The van der Waals surface area contributed by atoms with Gasteiger partial charge in [-0.25, -0.2) is 0 Å². The van der Waals surface area contributed by atoms with Gasteiger partial charge in [0.1, 0.15) is 0 Å². The number of unbranched alkanes of at least 4 members (excludes halogenated alkanes) is 1. The second-order valence-corrected chi connectivity index (χ2v) is 6.32. The molecule has 21 heavy (non-hydrogen) atoms. The molecule has 2 rings (SSSR count). The van der Waals surface area contributed by atoms with Crippen LogP contribution in [0.1, 0.15) is 52.4 Å². The average molecular weight is 288 g/mol. The number of rotatable bonds is 9. The molecule has 1 aliphatic carbocycles. The fourth-order valence-corrected chi connectivity index (χ4v) is 3.59. The van der Waals surface area contributed by atoms with E-state index in [1.54, 1.807) is 0 Å². The Hall–Kier alpha value is -1.02. The van der Waals surface area contributed by atoms with Gasteiger partial charge in [-0.2, -0.15) is 0 Å². The van der Waals surface area contributed by atoms with Gasteiger partial charge in [0, 0.05) is 24.8 Å². The Morgan fingerprint density at radius 3 is 2.62 bits per heavy atom. The summed E-state index contributed by atoms with van der Waals surface area (Å²) in [4.78, 5) is 2.59. The molecule has 1 aliphatic rings. The minimum absolute atomic E-state index is 0.763. The Bertz CT molecular complexity index is 376. The first-order valence-corrected chi connectivity index (χ1v) is 8.88. The molecular formula is C19H32N2. The Kier molecular flexibility index (Phi) is 7.08. The van der Waals surface area contributed by atoms with E-state index < -0.39 is 0 Å². The molecule has 0 spiro atoms. The molecule has 0 amide bonds. The first-order valence-electron chi connectivity index (χ1n) is 8.88. The van der Waals surface area contributed by atoms with E-state index in [4.69, 9.17) is 0 Å². The number of para-hydroxylation sites is 1. The number of hydrogen-bond acceptors (Lipinski definition) is 2. The highest BCUT2D eigenvalue weighted by Crippen LogP contribution is 2.29. The van der Waals surface area contributed by atoms with Crippen LogP contribution in [0.5, 0.6) is 0 Å². The molecule has 1 aromatic carbocycles. The zero-order valence-corrected chi connectivity index (χ0v) is 13.9. The van der Waals surface area contributed by atoms with Crippen LogP contribution in [-0.2, 0) is 0 Å². The van der Waals surface area contributed by atoms with Crippen LogP contribution in [0.2, 0.25) is 0 Å². The number of benzene rings is 1. The van der Waals surface area contributed by atoms with Crippen molar-refractivity contribution in [1.82, 2.24) is 5.32 Å². The molecule has 1 saturated carbocycles. The average Bonchev–Trinajstić information content (AvgIpc) is 2.96. The standard InChI is InChI=1S/C19H32N2/c1-3-5-15-21(18-11-7-6-8-12-18)16-14-17-10-9-13-19(17)20-4-2/h6-8,11-12,17,19-20H,3-5,9-10,13-16H2,1-2H3. The lowest BCUT2D eigenvalue weighted by atomic mass is 9.99. The maximum atomic E-state index is 3.68. The highest BCUT2D eigenvalue weighted by atomic mass is 15.1. The maximum Gasteiger partial charge on any atom is 0.0366 e. The summed E-state index contributed by atoms with van der Waals surface area (Å²) in [5.74, 6) is 0.873. The van der Waals surface area contributed by atoms with Crippen molar-refractivity contribution >= 4 is 5.69 Å². The molecular weight excluding hydrogens is 256 g/mol. The summed E-state index contributed by atoms with van der Waals surface area (Å²) in [7, 11) is 0. The van der Waals surface area contributed by atoms with Crippen molar-refractivity contribution < 1.29 is 0 Å². The zero-order chi connectivity index (χ0) is 14.9. The fourth-order valence-electron chi connectivity index (χ4n) is 3.59. The molecule has 2 nitrogen and oxygen atoms in total. The monoisotopic (exact) mass is 288 g/mol. The van der Waals surface area contributed by atoms with Crippen molar-refractivity contribution in [1.29, 1.82) is 0 Å². The van der Waals surface area contributed by atoms with Crippen LogP contribution in [0, 0.1) is 5.92 Å². The number of anilines is 1. The van der Waals surface area contributed by atoms with E-state index in [0.717, 1.165) is 18.5 Å². The van der Waals surface area contributed by atoms with Crippen molar-refractivity contribution in [2.45, 2.75) is 58.4 Å². The third kappa shape index (κ3) is 5.03. The van der Waals surface area contributed by atoms with Crippen molar-refractivity contribution in [3.8, 4) is 0 Å². The smallest absolute Gasteiger partial charge is 0.0366 e. The van der Waals surface area contributed by atoms with Crippen LogP contribution in [0.15, 0.2) is 30.3 Å². The largest absolute Gasteiger partial charge is 0.372 e. The van der Waals surface area contributed by atoms with Gasteiger partial charge >= 0.3 is 0 Å². The molecule has 1 aromatic rings. The molecule has 0 heterocycles. The Balaban J connectivity index is 1.89. The van der Waals surface area contributed by atoms with E-state index >= 15 is 0 Å². The third-order valence-corrected chi connectivity index (χ3v) is 4.80. The Labute approximate surface area is 130 Å². The summed E-state index contributed by atoms with van der Waals surface area (Å²) >= 11 is 0. The second-order valence-electron chi connectivity index (χ2n) is 6.32. The second kappa shape index (κ2) is 9.09. The summed E-state index contributed by atoms with van der Waals surface area (Å²) in [6, 6.07) is 11.7. The molecule has 0 aliphatic heterocycles. The molecule has 0 saturated heterocycles. The van der Waals surface area contributed by atoms with Gasteiger partial charge in [0.2, 0.25) is 0 Å². The highest BCUT2D eigenvalue weighted by molar-refractivity contribution is 5.45. The quantitative estimate of drug-likeness (QED) is 0.721. The Morgan fingerprint density at radius 1 is 1.10 bits per heavy atom. The van der Waals surface area contributed by atoms with E-state index in [-0.39, 0.29) is 0 Å². The van der Waals surface area contributed by atoms with Gasteiger partial charge < -0.3 is 10.2 Å².